The molecule has 0 unspecified atom stereocenters. The molecule has 2 N–H and O–H groups in total. The van der Waals surface area contributed by atoms with Crippen molar-refractivity contribution < 1.29 is 27.9 Å². The van der Waals surface area contributed by atoms with Gasteiger partial charge in [-0.05, 0) is 56.2 Å². The summed E-state index contributed by atoms with van der Waals surface area (Å²) in [7, 11) is -3.64. The number of carbonyl (C=O) groups excluding carboxylic acids is 1. The van der Waals surface area contributed by atoms with Gasteiger partial charge in [0.15, 0.2) is 0 Å². The van der Waals surface area contributed by atoms with E-state index in [0.29, 0.717) is 49.0 Å². The number of carbonyl (C=O) groups is 2. The van der Waals surface area contributed by atoms with Crippen molar-refractivity contribution in [2.75, 3.05) is 30.0 Å². The maximum Gasteiger partial charge on any atom is 0.303 e. The molecule has 0 aromatic heterocycles. The molecule has 0 aliphatic carbocycles. The summed E-state index contributed by atoms with van der Waals surface area (Å²) in [5.41, 5.74) is 1.79. The van der Waals surface area contributed by atoms with E-state index in [9.17, 15) is 18.0 Å². The monoisotopic (exact) mass is 528 g/mol. The smallest absolute Gasteiger partial charge is 0.303 e. The zero-order valence-electron chi connectivity index (χ0n) is 21.2. The van der Waals surface area contributed by atoms with Crippen LogP contribution in [0.4, 0.5) is 11.4 Å². The number of anilines is 2. The quantitative estimate of drug-likeness (QED) is 0.375. The highest BCUT2D eigenvalue weighted by atomic mass is 32.2. The molecule has 0 atom stereocenters. The number of sulfonamides is 1. The lowest BCUT2D eigenvalue weighted by Crippen LogP contribution is -2.30. The van der Waals surface area contributed by atoms with E-state index in [1.165, 1.54) is 33.6 Å². The van der Waals surface area contributed by atoms with Crippen molar-refractivity contribution in [2.45, 2.75) is 44.9 Å². The third-order valence-corrected chi connectivity index (χ3v) is 7.81. The molecule has 37 heavy (non-hydrogen) atoms. The fourth-order valence-electron chi connectivity index (χ4n) is 3.86. The van der Waals surface area contributed by atoms with Crippen molar-refractivity contribution in [3.8, 4) is 5.75 Å². The van der Waals surface area contributed by atoms with Gasteiger partial charge in [0.1, 0.15) is 5.75 Å². The van der Waals surface area contributed by atoms with Gasteiger partial charge in [0.05, 0.1) is 34.2 Å². The van der Waals surface area contributed by atoms with Gasteiger partial charge in [-0.3, -0.25) is 9.59 Å². The van der Waals surface area contributed by atoms with Crippen LogP contribution in [-0.4, -0.2) is 55.1 Å². The number of amides is 1. The van der Waals surface area contributed by atoms with E-state index in [0.717, 1.165) is 0 Å². The van der Waals surface area contributed by atoms with E-state index in [-0.39, 0.29) is 23.3 Å². The molecular formula is C26H32N4O6S. The molecule has 0 fully saturated rings. The minimum atomic E-state index is -3.64. The molecule has 3 rings (SSSR count). The van der Waals surface area contributed by atoms with Gasteiger partial charge >= 0.3 is 5.97 Å². The fourth-order valence-corrected chi connectivity index (χ4v) is 5.32. The van der Waals surface area contributed by atoms with Crippen LogP contribution in [-0.2, 0) is 19.6 Å². The number of rotatable bonds is 13. The maximum atomic E-state index is 13.4. The van der Waals surface area contributed by atoms with Crippen LogP contribution < -0.4 is 15.1 Å². The Morgan fingerprint density at radius 2 is 1.78 bits per heavy atom. The van der Waals surface area contributed by atoms with Crippen molar-refractivity contribution in [1.29, 1.82) is 0 Å². The predicted molar refractivity (Wildman–Crippen MR) is 142 cm³/mol. The van der Waals surface area contributed by atoms with E-state index in [2.05, 4.69) is 10.4 Å². The number of aliphatic carboxylic acids is 1. The van der Waals surface area contributed by atoms with Crippen LogP contribution in [0.3, 0.4) is 0 Å². The molecule has 11 heteroatoms. The zero-order valence-corrected chi connectivity index (χ0v) is 22.0. The van der Waals surface area contributed by atoms with Gasteiger partial charge < -0.3 is 15.2 Å². The van der Waals surface area contributed by atoms with Crippen molar-refractivity contribution >= 4 is 39.0 Å². The Morgan fingerprint density at radius 3 is 2.41 bits per heavy atom. The highest BCUT2D eigenvalue weighted by Gasteiger charge is 2.31. The van der Waals surface area contributed by atoms with Gasteiger partial charge in [-0.1, -0.05) is 26.0 Å². The van der Waals surface area contributed by atoms with Crippen molar-refractivity contribution in [1.82, 2.24) is 4.31 Å². The van der Waals surface area contributed by atoms with Gasteiger partial charge in [0, 0.05) is 25.7 Å². The fraction of sp³-hybridized carbons (Fsp3) is 0.346. The molecule has 1 amide bonds. The van der Waals surface area contributed by atoms with Crippen LogP contribution in [0.1, 0.15) is 40.0 Å². The largest absolute Gasteiger partial charge is 0.492 e. The van der Waals surface area contributed by atoms with Crippen LogP contribution >= 0.6 is 0 Å². The van der Waals surface area contributed by atoms with E-state index >= 15 is 0 Å². The Hall–Kier alpha value is -3.70. The lowest BCUT2D eigenvalue weighted by Gasteiger charge is -2.19. The van der Waals surface area contributed by atoms with Gasteiger partial charge in [-0.15, -0.1) is 0 Å². The first-order valence-corrected chi connectivity index (χ1v) is 13.6. The van der Waals surface area contributed by atoms with E-state index in [4.69, 9.17) is 9.84 Å². The summed E-state index contributed by atoms with van der Waals surface area (Å²) >= 11 is 0. The maximum absolute atomic E-state index is 13.4. The van der Waals surface area contributed by atoms with Crippen LogP contribution in [0.2, 0.25) is 0 Å². The number of carboxylic acids is 1. The predicted octanol–water partition coefficient (Wildman–Crippen LogP) is 4.07. The Kier molecular flexibility index (Phi) is 9.42. The van der Waals surface area contributed by atoms with Crippen molar-refractivity contribution in [3.05, 3.63) is 60.3 Å². The summed E-state index contributed by atoms with van der Waals surface area (Å²) in [5, 5.41) is 17.8. The Labute approximate surface area is 217 Å². The highest BCUT2D eigenvalue weighted by molar-refractivity contribution is 7.89. The van der Waals surface area contributed by atoms with Crippen molar-refractivity contribution in [3.63, 3.8) is 0 Å². The molecule has 10 nitrogen and oxygen atoms in total. The third kappa shape index (κ3) is 6.55. The first-order chi connectivity index (χ1) is 17.7. The average molecular weight is 529 g/mol. The zero-order chi connectivity index (χ0) is 27.0. The summed E-state index contributed by atoms with van der Waals surface area (Å²) < 4.78 is 32.6. The molecule has 1 aliphatic heterocycles. The normalized spacial score (nSPS) is 14.8. The molecule has 0 radical (unpaired) electrons. The second-order valence-corrected chi connectivity index (χ2v) is 10.1. The minimum Gasteiger partial charge on any atom is -0.492 e. The van der Waals surface area contributed by atoms with Gasteiger partial charge in [0.25, 0.3) is 5.91 Å². The number of nitrogens with zero attached hydrogens (tertiary/aromatic N) is 3. The summed E-state index contributed by atoms with van der Waals surface area (Å²) in [6.07, 6.45) is 2.07. The van der Waals surface area contributed by atoms with Gasteiger partial charge in [-0.25, -0.2) is 8.42 Å². The van der Waals surface area contributed by atoms with Gasteiger partial charge in [-0.2, -0.15) is 14.4 Å². The summed E-state index contributed by atoms with van der Waals surface area (Å²) in [4.78, 5) is 24.5. The SMILES string of the molecule is CCOc1ccccc1NC=C1C(=O)N(c2ccc(S(=O)(=O)N(CC)CC)cc2)N=C1CCCC(=O)O. The van der Waals surface area contributed by atoms with Crippen molar-refractivity contribution in [2.24, 2.45) is 5.10 Å². The van der Waals surface area contributed by atoms with Crippen LogP contribution in [0.5, 0.6) is 5.75 Å². The number of para-hydroxylation sites is 2. The topological polar surface area (TPSA) is 129 Å². The lowest BCUT2D eigenvalue weighted by atomic mass is 10.1. The summed E-state index contributed by atoms with van der Waals surface area (Å²) in [6.45, 7) is 6.59. The standard InChI is InChI=1S/C26H32N4O6S/c1-4-29(5-2)37(34,35)20-16-14-19(15-17-20)30-26(33)21(22(28-30)11-9-13-25(31)32)18-27-23-10-7-8-12-24(23)36-6-3/h7-8,10,12,14-18,27H,4-6,9,11,13H2,1-3H3,(H,31,32). The number of hydrogen-bond acceptors (Lipinski definition) is 7. The number of hydrazone groups is 1. The molecule has 1 heterocycles. The molecule has 1 aliphatic rings. The molecule has 2 aromatic carbocycles. The minimum absolute atomic E-state index is 0.0565. The first kappa shape index (κ1) is 27.9. The van der Waals surface area contributed by atoms with Crippen LogP contribution in [0, 0.1) is 0 Å². The second-order valence-electron chi connectivity index (χ2n) is 8.13. The molecule has 0 spiro atoms. The molecule has 0 bridgehead atoms. The average Bonchev–Trinajstić information content (AvgIpc) is 3.19. The molecule has 0 saturated heterocycles. The molecule has 198 valence electrons. The number of nitrogens with one attached hydrogen (secondary N) is 1. The second kappa shape index (κ2) is 12.5. The molecule has 0 saturated carbocycles. The third-order valence-electron chi connectivity index (χ3n) is 5.74. The first-order valence-electron chi connectivity index (χ1n) is 12.2. The van der Waals surface area contributed by atoms with Gasteiger partial charge in [0.2, 0.25) is 10.0 Å². The lowest BCUT2D eigenvalue weighted by molar-refractivity contribution is -0.137. The Bertz CT molecular complexity index is 1280. The van der Waals surface area contributed by atoms with E-state index in [1.54, 1.807) is 20.0 Å². The number of benzene rings is 2. The Morgan fingerprint density at radius 1 is 1.11 bits per heavy atom. The number of carboxylic acid groups (broad SMARTS) is 1. The summed E-state index contributed by atoms with van der Waals surface area (Å²) in [5.74, 6) is -0.717. The molecular weight excluding hydrogens is 496 g/mol. The Balaban J connectivity index is 1.90. The number of ether oxygens (including phenoxy) is 1. The summed E-state index contributed by atoms with van der Waals surface area (Å²) in [6, 6.07) is 13.3. The van der Waals surface area contributed by atoms with Crippen LogP contribution in [0.15, 0.2) is 70.3 Å². The van der Waals surface area contributed by atoms with E-state index < -0.39 is 21.9 Å². The van der Waals surface area contributed by atoms with E-state index in [1.807, 2.05) is 31.2 Å². The molecule has 2 aromatic rings. The van der Waals surface area contributed by atoms with Crippen LogP contribution in [0.25, 0.3) is 0 Å². The number of hydrogen-bond donors (Lipinski definition) is 2. The highest BCUT2D eigenvalue weighted by Crippen LogP contribution is 2.29.